The van der Waals surface area contributed by atoms with Crippen molar-refractivity contribution in [3.8, 4) is 17.2 Å². The van der Waals surface area contributed by atoms with Crippen molar-refractivity contribution in [2.24, 2.45) is 5.92 Å². The third-order valence-corrected chi connectivity index (χ3v) is 5.50. The molecule has 1 atom stereocenters. The average Bonchev–Trinajstić information content (AvgIpc) is 2.84. The second-order valence-corrected chi connectivity index (χ2v) is 8.74. The zero-order valence-corrected chi connectivity index (χ0v) is 20.9. The van der Waals surface area contributed by atoms with Crippen molar-refractivity contribution in [1.29, 1.82) is 0 Å². The summed E-state index contributed by atoms with van der Waals surface area (Å²) in [6, 6.07) is 11.7. The van der Waals surface area contributed by atoms with Crippen LogP contribution in [0.1, 0.15) is 25.0 Å². The minimum atomic E-state index is -1.26. The van der Waals surface area contributed by atoms with Crippen LogP contribution in [0.4, 0.5) is 9.59 Å². The fourth-order valence-corrected chi connectivity index (χ4v) is 3.50. The lowest BCUT2D eigenvalue weighted by Crippen LogP contribution is -2.49. The SMILES string of the molecule is COc1cc(C=Cc2ccc(OC(=O)SCCNC(=O)C(NC(=O)O)C(C)C)cc2)cc(OC)c1. The molecule has 0 saturated carbocycles. The molecule has 2 rings (SSSR count). The van der Waals surface area contributed by atoms with Gasteiger partial charge in [0.15, 0.2) is 0 Å². The van der Waals surface area contributed by atoms with Crippen molar-refractivity contribution in [3.63, 3.8) is 0 Å². The van der Waals surface area contributed by atoms with Gasteiger partial charge < -0.3 is 30.0 Å². The summed E-state index contributed by atoms with van der Waals surface area (Å²) in [6.07, 6.45) is 2.58. The van der Waals surface area contributed by atoms with Crippen LogP contribution in [0.2, 0.25) is 0 Å². The largest absolute Gasteiger partial charge is 0.497 e. The van der Waals surface area contributed by atoms with E-state index in [0.717, 1.165) is 22.9 Å². The minimum Gasteiger partial charge on any atom is -0.497 e. The molecular formula is C25H30N2O7S. The van der Waals surface area contributed by atoms with Crippen LogP contribution in [0.5, 0.6) is 17.2 Å². The van der Waals surface area contributed by atoms with Crippen LogP contribution >= 0.6 is 11.8 Å². The van der Waals surface area contributed by atoms with E-state index in [1.54, 1.807) is 46.3 Å². The molecule has 0 spiro atoms. The molecule has 0 aliphatic carbocycles. The molecule has 2 aromatic carbocycles. The van der Waals surface area contributed by atoms with Crippen LogP contribution in [0.15, 0.2) is 42.5 Å². The van der Waals surface area contributed by atoms with Gasteiger partial charge in [-0.3, -0.25) is 4.79 Å². The van der Waals surface area contributed by atoms with Gasteiger partial charge in [0.25, 0.3) is 0 Å². The highest BCUT2D eigenvalue weighted by Crippen LogP contribution is 2.24. The van der Waals surface area contributed by atoms with Crippen molar-refractivity contribution >= 4 is 41.2 Å². The molecule has 0 saturated heterocycles. The van der Waals surface area contributed by atoms with E-state index in [0.29, 0.717) is 17.2 Å². The van der Waals surface area contributed by atoms with E-state index in [2.05, 4.69) is 10.6 Å². The molecule has 2 amide bonds. The molecule has 0 aliphatic rings. The van der Waals surface area contributed by atoms with Crippen molar-refractivity contribution < 1.29 is 33.7 Å². The Bertz CT molecular complexity index is 1020. The number of amides is 2. The minimum absolute atomic E-state index is 0.196. The molecular weight excluding hydrogens is 472 g/mol. The highest BCUT2D eigenvalue weighted by Gasteiger charge is 2.23. The summed E-state index contributed by atoms with van der Waals surface area (Å²) in [4.78, 5) is 35.0. The molecule has 10 heteroatoms. The molecule has 0 heterocycles. The zero-order valence-electron chi connectivity index (χ0n) is 20.1. The summed E-state index contributed by atoms with van der Waals surface area (Å²) in [7, 11) is 3.19. The molecule has 188 valence electrons. The summed E-state index contributed by atoms with van der Waals surface area (Å²) >= 11 is 0.916. The van der Waals surface area contributed by atoms with E-state index in [4.69, 9.17) is 19.3 Å². The molecule has 1 unspecified atom stereocenters. The zero-order chi connectivity index (χ0) is 25.8. The molecule has 3 N–H and O–H groups in total. The summed E-state index contributed by atoms with van der Waals surface area (Å²) in [5, 5.41) is 13.1. The van der Waals surface area contributed by atoms with E-state index >= 15 is 0 Å². The van der Waals surface area contributed by atoms with E-state index < -0.39 is 23.3 Å². The van der Waals surface area contributed by atoms with Crippen molar-refractivity contribution in [1.82, 2.24) is 10.6 Å². The van der Waals surface area contributed by atoms with Gasteiger partial charge >= 0.3 is 11.4 Å². The van der Waals surface area contributed by atoms with Crippen molar-refractivity contribution in [2.45, 2.75) is 19.9 Å². The van der Waals surface area contributed by atoms with Crippen LogP contribution in [0, 0.1) is 5.92 Å². The number of benzene rings is 2. The Morgan fingerprint density at radius 2 is 1.54 bits per heavy atom. The number of hydrogen-bond donors (Lipinski definition) is 3. The maximum Gasteiger partial charge on any atom is 0.405 e. The first-order valence-corrected chi connectivity index (χ1v) is 11.8. The Balaban J connectivity index is 1.81. The highest BCUT2D eigenvalue weighted by molar-refractivity contribution is 8.13. The Hall–Kier alpha value is -3.66. The summed E-state index contributed by atoms with van der Waals surface area (Å²) in [5.41, 5.74) is 1.83. The van der Waals surface area contributed by atoms with E-state index in [1.807, 2.05) is 36.4 Å². The van der Waals surface area contributed by atoms with Crippen LogP contribution in [0.25, 0.3) is 12.2 Å². The lowest BCUT2D eigenvalue weighted by molar-refractivity contribution is -0.123. The van der Waals surface area contributed by atoms with Gasteiger partial charge in [-0.05, 0) is 53.1 Å². The van der Waals surface area contributed by atoms with E-state index in [9.17, 15) is 14.4 Å². The van der Waals surface area contributed by atoms with Gasteiger partial charge in [0.2, 0.25) is 5.91 Å². The highest BCUT2D eigenvalue weighted by atomic mass is 32.2. The molecule has 0 aromatic heterocycles. The van der Waals surface area contributed by atoms with Crippen molar-refractivity contribution in [2.75, 3.05) is 26.5 Å². The predicted octanol–water partition coefficient (Wildman–Crippen LogP) is 4.51. The van der Waals surface area contributed by atoms with Crippen molar-refractivity contribution in [3.05, 3.63) is 53.6 Å². The van der Waals surface area contributed by atoms with E-state index in [1.165, 1.54) is 0 Å². The van der Waals surface area contributed by atoms with Gasteiger partial charge in [-0.25, -0.2) is 9.59 Å². The van der Waals surface area contributed by atoms with Gasteiger partial charge in [-0.2, -0.15) is 0 Å². The lowest BCUT2D eigenvalue weighted by Gasteiger charge is -2.19. The third kappa shape index (κ3) is 9.62. The first-order chi connectivity index (χ1) is 16.7. The van der Waals surface area contributed by atoms with Crippen LogP contribution < -0.4 is 24.8 Å². The number of ether oxygens (including phenoxy) is 3. The normalized spacial score (nSPS) is 11.7. The second kappa shape index (κ2) is 13.9. The summed E-state index contributed by atoms with van der Waals surface area (Å²) in [5.74, 6) is 1.43. The predicted molar refractivity (Wildman–Crippen MR) is 136 cm³/mol. The number of hydrogen-bond acceptors (Lipinski definition) is 7. The maximum absolute atomic E-state index is 12.1. The Labute approximate surface area is 208 Å². The van der Waals surface area contributed by atoms with Crippen LogP contribution in [-0.4, -0.2) is 55.0 Å². The number of carboxylic acid groups (broad SMARTS) is 1. The van der Waals surface area contributed by atoms with Gasteiger partial charge in [0.1, 0.15) is 23.3 Å². The number of carbonyl (C=O) groups excluding carboxylic acids is 2. The fraction of sp³-hybridized carbons (Fsp3) is 0.320. The number of nitrogens with one attached hydrogen (secondary N) is 2. The van der Waals surface area contributed by atoms with E-state index in [-0.39, 0.29) is 18.2 Å². The summed E-state index contributed by atoms with van der Waals surface area (Å²) in [6.45, 7) is 3.68. The maximum atomic E-state index is 12.1. The molecule has 0 radical (unpaired) electrons. The second-order valence-electron chi connectivity index (χ2n) is 7.71. The standard InChI is InChI=1S/C25H30N2O7S/c1-16(2)22(27-24(29)30)23(28)26-11-12-35-25(31)34-19-9-7-17(8-10-19)5-6-18-13-20(32-3)15-21(14-18)33-4/h5-10,13-16,22,27H,11-12H2,1-4H3,(H,26,28)(H,29,30). The quantitative estimate of drug-likeness (QED) is 0.233. The summed E-state index contributed by atoms with van der Waals surface area (Å²) < 4.78 is 15.8. The number of thioether (sulfide) groups is 1. The van der Waals surface area contributed by atoms with Gasteiger partial charge in [-0.1, -0.05) is 38.1 Å². The Morgan fingerprint density at radius 3 is 2.09 bits per heavy atom. The van der Waals surface area contributed by atoms with Gasteiger partial charge in [0.05, 0.1) is 14.2 Å². The third-order valence-electron chi connectivity index (χ3n) is 4.77. The Morgan fingerprint density at radius 1 is 0.943 bits per heavy atom. The lowest BCUT2D eigenvalue weighted by atomic mass is 10.0. The molecule has 0 bridgehead atoms. The Kier molecular flexibility index (Phi) is 11.0. The topological polar surface area (TPSA) is 123 Å². The first-order valence-electron chi connectivity index (χ1n) is 10.8. The molecule has 2 aromatic rings. The van der Waals surface area contributed by atoms with Crippen LogP contribution in [-0.2, 0) is 4.79 Å². The fourth-order valence-electron chi connectivity index (χ4n) is 2.98. The molecule has 35 heavy (non-hydrogen) atoms. The number of methoxy groups -OCH3 is 2. The van der Waals surface area contributed by atoms with Gasteiger partial charge in [-0.15, -0.1) is 0 Å². The van der Waals surface area contributed by atoms with Gasteiger partial charge in [0, 0.05) is 18.4 Å². The molecule has 0 aliphatic heterocycles. The monoisotopic (exact) mass is 502 g/mol. The van der Waals surface area contributed by atoms with Crippen LogP contribution in [0.3, 0.4) is 0 Å². The smallest absolute Gasteiger partial charge is 0.405 e. The number of carbonyl (C=O) groups is 3. The molecule has 9 nitrogen and oxygen atoms in total. The first kappa shape index (κ1) is 27.6. The molecule has 0 fully saturated rings. The average molecular weight is 503 g/mol. The number of rotatable bonds is 11.